The summed E-state index contributed by atoms with van der Waals surface area (Å²) in [5.74, 6) is 0.861. The van der Waals surface area contributed by atoms with E-state index in [2.05, 4.69) is 0 Å². The highest BCUT2D eigenvalue weighted by molar-refractivity contribution is 7.99. The number of carbonyl (C=O) groups is 3. The third kappa shape index (κ3) is 4.86. The quantitative estimate of drug-likeness (QED) is 0.796. The van der Waals surface area contributed by atoms with Crippen molar-refractivity contribution in [2.75, 3.05) is 24.7 Å². The number of carboxylic acids is 1. The molecule has 2 aliphatic rings. The molecule has 0 aromatic rings. The van der Waals surface area contributed by atoms with Gasteiger partial charge < -0.3 is 14.9 Å². The molecular weight excluding hydrogens is 316 g/mol. The van der Waals surface area contributed by atoms with Crippen molar-refractivity contribution in [2.45, 2.75) is 51.5 Å². The highest BCUT2D eigenvalue weighted by atomic mass is 32.2. The van der Waals surface area contributed by atoms with Gasteiger partial charge in [-0.1, -0.05) is 6.92 Å². The Labute approximate surface area is 141 Å². The molecule has 2 saturated heterocycles. The van der Waals surface area contributed by atoms with Gasteiger partial charge in [0.25, 0.3) is 0 Å². The van der Waals surface area contributed by atoms with E-state index in [0.29, 0.717) is 31.0 Å². The molecule has 0 aromatic carbocycles. The number of carbonyl (C=O) groups excluding carboxylic acids is 2. The fourth-order valence-electron chi connectivity index (χ4n) is 3.29. The minimum Gasteiger partial charge on any atom is -0.481 e. The molecule has 0 saturated carbocycles. The first-order chi connectivity index (χ1) is 11.0. The van der Waals surface area contributed by atoms with Gasteiger partial charge in [0.1, 0.15) is 6.04 Å². The number of rotatable bonds is 6. The molecule has 0 aliphatic carbocycles. The minimum absolute atomic E-state index is 0.0412. The number of aliphatic carboxylic acids is 1. The first-order valence-electron chi connectivity index (χ1n) is 8.40. The van der Waals surface area contributed by atoms with Gasteiger partial charge in [0.05, 0.1) is 5.88 Å². The zero-order valence-electron chi connectivity index (χ0n) is 13.7. The van der Waals surface area contributed by atoms with E-state index >= 15 is 0 Å². The van der Waals surface area contributed by atoms with Crippen molar-refractivity contribution in [3.63, 3.8) is 0 Å². The topological polar surface area (TPSA) is 77.9 Å². The number of nitrogens with zero attached hydrogens (tertiary/aromatic N) is 2. The number of hydrogen-bond acceptors (Lipinski definition) is 4. The number of hydrogen-bond donors (Lipinski definition) is 1. The summed E-state index contributed by atoms with van der Waals surface area (Å²) in [6, 6.07) is -0.336. The van der Waals surface area contributed by atoms with E-state index in [1.54, 1.807) is 16.7 Å². The van der Waals surface area contributed by atoms with E-state index in [-0.39, 0.29) is 30.2 Å². The van der Waals surface area contributed by atoms with Crippen LogP contribution >= 0.6 is 11.8 Å². The normalized spacial score (nSPS) is 24.7. The van der Waals surface area contributed by atoms with Crippen molar-refractivity contribution in [3.05, 3.63) is 0 Å². The summed E-state index contributed by atoms with van der Waals surface area (Å²) in [6.45, 7) is 3.32. The van der Waals surface area contributed by atoms with Crippen molar-refractivity contribution in [1.29, 1.82) is 0 Å². The Kier molecular flexibility index (Phi) is 6.74. The first-order valence-corrected chi connectivity index (χ1v) is 9.56. The number of carboxylic acid groups (broad SMARTS) is 1. The largest absolute Gasteiger partial charge is 0.481 e. The van der Waals surface area contributed by atoms with Crippen LogP contribution in [0.15, 0.2) is 0 Å². The maximum Gasteiger partial charge on any atom is 0.303 e. The number of amides is 2. The molecular formula is C16H26N2O4S. The van der Waals surface area contributed by atoms with Gasteiger partial charge in [-0.2, -0.15) is 0 Å². The van der Waals surface area contributed by atoms with Gasteiger partial charge in [0.15, 0.2) is 0 Å². The van der Waals surface area contributed by atoms with Gasteiger partial charge in [-0.3, -0.25) is 14.4 Å². The highest BCUT2D eigenvalue weighted by Gasteiger charge is 2.37. The molecule has 1 N–H and O–H groups in total. The van der Waals surface area contributed by atoms with Crippen LogP contribution in [0.1, 0.15) is 45.4 Å². The fourth-order valence-corrected chi connectivity index (χ4v) is 4.46. The molecule has 2 aliphatic heterocycles. The first kappa shape index (κ1) is 18.1. The minimum atomic E-state index is -0.781. The molecule has 6 nitrogen and oxygen atoms in total. The molecule has 2 heterocycles. The van der Waals surface area contributed by atoms with Crippen LogP contribution in [0.3, 0.4) is 0 Å². The molecule has 0 radical (unpaired) electrons. The van der Waals surface area contributed by atoms with E-state index in [0.717, 1.165) is 25.8 Å². The Morgan fingerprint density at radius 1 is 1.26 bits per heavy atom. The lowest BCUT2D eigenvalue weighted by Gasteiger charge is -2.36. The van der Waals surface area contributed by atoms with Crippen molar-refractivity contribution in [1.82, 2.24) is 9.80 Å². The lowest BCUT2D eigenvalue weighted by molar-refractivity contribution is -0.144. The monoisotopic (exact) mass is 342 g/mol. The van der Waals surface area contributed by atoms with E-state index in [1.807, 2.05) is 11.8 Å². The Hall–Kier alpha value is -1.24. The highest BCUT2D eigenvalue weighted by Crippen LogP contribution is 2.27. The molecule has 2 rings (SSSR count). The molecule has 2 atom stereocenters. The standard InChI is InChI=1S/C16H26N2O4S/c1-2-4-14(19)18-11-23-10-13(18)16(22)17-8-3-5-12(9-17)6-7-15(20)21/h12-13H,2-11H2,1H3,(H,20,21). The van der Waals surface area contributed by atoms with Crippen LogP contribution in [-0.2, 0) is 14.4 Å². The van der Waals surface area contributed by atoms with E-state index in [9.17, 15) is 14.4 Å². The maximum atomic E-state index is 12.8. The van der Waals surface area contributed by atoms with Gasteiger partial charge in [0.2, 0.25) is 11.8 Å². The zero-order chi connectivity index (χ0) is 16.8. The van der Waals surface area contributed by atoms with E-state index in [4.69, 9.17) is 5.11 Å². The van der Waals surface area contributed by atoms with Crippen molar-refractivity contribution < 1.29 is 19.5 Å². The molecule has 2 fully saturated rings. The molecule has 0 bridgehead atoms. The summed E-state index contributed by atoms with van der Waals surface area (Å²) in [5.41, 5.74) is 0. The summed E-state index contributed by atoms with van der Waals surface area (Å²) in [5, 5.41) is 8.81. The summed E-state index contributed by atoms with van der Waals surface area (Å²) in [7, 11) is 0. The third-order valence-corrected chi connectivity index (χ3v) is 5.56. The van der Waals surface area contributed by atoms with Gasteiger partial charge in [0, 0.05) is 31.7 Å². The summed E-state index contributed by atoms with van der Waals surface area (Å²) < 4.78 is 0. The molecule has 130 valence electrons. The van der Waals surface area contributed by atoms with Crippen LogP contribution in [0.4, 0.5) is 0 Å². The lowest BCUT2D eigenvalue weighted by Crippen LogP contribution is -2.51. The Balaban J connectivity index is 1.93. The smallest absolute Gasteiger partial charge is 0.303 e. The van der Waals surface area contributed by atoms with Crippen LogP contribution in [0.25, 0.3) is 0 Å². The van der Waals surface area contributed by atoms with Crippen LogP contribution in [0.5, 0.6) is 0 Å². The van der Waals surface area contributed by atoms with Gasteiger partial charge in [-0.05, 0) is 31.6 Å². The lowest BCUT2D eigenvalue weighted by atomic mass is 9.93. The van der Waals surface area contributed by atoms with Crippen molar-refractivity contribution in [3.8, 4) is 0 Å². The van der Waals surface area contributed by atoms with Gasteiger partial charge in [-0.15, -0.1) is 11.8 Å². The van der Waals surface area contributed by atoms with Crippen molar-refractivity contribution >= 4 is 29.5 Å². The second kappa shape index (κ2) is 8.57. The Morgan fingerprint density at radius 3 is 2.74 bits per heavy atom. The van der Waals surface area contributed by atoms with Crippen LogP contribution in [0, 0.1) is 5.92 Å². The predicted molar refractivity (Wildman–Crippen MR) is 89.0 cm³/mol. The molecule has 7 heteroatoms. The predicted octanol–water partition coefficient (Wildman–Crippen LogP) is 1.79. The second-order valence-electron chi connectivity index (χ2n) is 6.35. The van der Waals surface area contributed by atoms with E-state index < -0.39 is 5.97 Å². The molecule has 23 heavy (non-hydrogen) atoms. The van der Waals surface area contributed by atoms with Gasteiger partial charge in [-0.25, -0.2) is 0 Å². The number of thioether (sulfide) groups is 1. The SMILES string of the molecule is CCCC(=O)N1CSCC1C(=O)N1CCCC(CCC(=O)O)C1. The number of piperidine rings is 1. The van der Waals surface area contributed by atoms with Gasteiger partial charge >= 0.3 is 5.97 Å². The average molecular weight is 342 g/mol. The summed E-state index contributed by atoms with van der Waals surface area (Å²) in [4.78, 5) is 39.3. The average Bonchev–Trinajstić information content (AvgIpc) is 3.02. The fraction of sp³-hybridized carbons (Fsp3) is 0.812. The van der Waals surface area contributed by atoms with Crippen LogP contribution in [-0.4, -0.2) is 63.5 Å². The zero-order valence-corrected chi connectivity index (χ0v) is 14.5. The van der Waals surface area contributed by atoms with E-state index in [1.165, 1.54) is 0 Å². The molecule has 2 amide bonds. The molecule has 2 unspecified atom stereocenters. The van der Waals surface area contributed by atoms with Crippen LogP contribution in [0.2, 0.25) is 0 Å². The number of likely N-dealkylation sites (tertiary alicyclic amines) is 1. The summed E-state index contributed by atoms with van der Waals surface area (Å²) >= 11 is 1.63. The Morgan fingerprint density at radius 2 is 2.04 bits per heavy atom. The third-order valence-electron chi connectivity index (χ3n) is 4.55. The molecule has 0 aromatic heterocycles. The maximum absolute atomic E-state index is 12.8. The summed E-state index contributed by atoms with van der Waals surface area (Å²) in [6.07, 6.45) is 3.96. The van der Waals surface area contributed by atoms with Crippen LogP contribution < -0.4 is 0 Å². The second-order valence-corrected chi connectivity index (χ2v) is 7.35. The molecule has 0 spiro atoms. The van der Waals surface area contributed by atoms with Crippen molar-refractivity contribution in [2.24, 2.45) is 5.92 Å². The Bertz CT molecular complexity index is 457.